The van der Waals surface area contributed by atoms with Crippen LogP contribution in [-0.2, 0) is 14.4 Å². The predicted molar refractivity (Wildman–Crippen MR) is 71.9 cm³/mol. The van der Waals surface area contributed by atoms with Gasteiger partial charge < -0.3 is 15.7 Å². The van der Waals surface area contributed by atoms with E-state index in [0.717, 1.165) is 25.7 Å². The lowest BCUT2D eigenvalue weighted by molar-refractivity contribution is -0.143. The molecule has 0 aliphatic heterocycles. The van der Waals surface area contributed by atoms with Crippen molar-refractivity contribution in [2.24, 2.45) is 5.92 Å². The number of carboxylic acid groups (broad SMARTS) is 1. The van der Waals surface area contributed by atoms with Crippen molar-refractivity contribution < 1.29 is 19.5 Å². The molecule has 0 radical (unpaired) electrons. The van der Waals surface area contributed by atoms with Crippen molar-refractivity contribution in [3.63, 3.8) is 0 Å². The largest absolute Gasteiger partial charge is 0.480 e. The van der Waals surface area contributed by atoms with E-state index in [-0.39, 0.29) is 30.2 Å². The highest BCUT2D eigenvalue weighted by Gasteiger charge is 2.51. The number of hydrogen-bond acceptors (Lipinski definition) is 3. The van der Waals surface area contributed by atoms with Gasteiger partial charge in [0.15, 0.2) is 0 Å². The number of rotatable bonds is 6. The predicted octanol–water partition coefficient (Wildman–Crippen LogP) is 0.805. The van der Waals surface area contributed by atoms with E-state index in [1.165, 1.54) is 0 Å². The molecule has 0 bridgehead atoms. The first-order valence-corrected chi connectivity index (χ1v) is 7.28. The zero-order valence-electron chi connectivity index (χ0n) is 11.8. The van der Waals surface area contributed by atoms with E-state index in [9.17, 15) is 14.4 Å². The standard InChI is InChI=1S/C14H22N2O4/c1-9(15-12(18)10-4-2-3-5-10)8-11(17)16-14(6-7-14)13(19)20/h9-10H,2-8H2,1H3,(H,15,18)(H,16,17)(H,19,20). The van der Waals surface area contributed by atoms with Crippen LogP contribution in [0, 0.1) is 5.92 Å². The Kier molecular flexibility index (Phi) is 4.30. The molecule has 6 heteroatoms. The molecule has 0 saturated heterocycles. The van der Waals surface area contributed by atoms with E-state index in [1.807, 2.05) is 0 Å². The number of hydrogen-bond donors (Lipinski definition) is 3. The van der Waals surface area contributed by atoms with Gasteiger partial charge in [-0.15, -0.1) is 0 Å². The van der Waals surface area contributed by atoms with Crippen LogP contribution < -0.4 is 10.6 Å². The van der Waals surface area contributed by atoms with Gasteiger partial charge in [0.2, 0.25) is 11.8 Å². The lowest BCUT2D eigenvalue weighted by Crippen LogP contribution is -2.46. The Morgan fingerprint density at radius 3 is 2.35 bits per heavy atom. The van der Waals surface area contributed by atoms with E-state index in [4.69, 9.17) is 5.11 Å². The van der Waals surface area contributed by atoms with E-state index < -0.39 is 11.5 Å². The zero-order valence-corrected chi connectivity index (χ0v) is 11.8. The Morgan fingerprint density at radius 2 is 1.85 bits per heavy atom. The van der Waals surface area contributed by atoms with Crippen molar-refractivity contribution in [2.75, 3.05) is 0 Å². The summed E-state index contributed by atoms with van der Waals surface area (Å²) < 4.78 is 0. The van der Waals surface area contributed by atoms with Gasteiger partial charge in [0.05, 0.1) is 0 Å². The van der Waals surface area contributed by atoms with Gasteiger partial charge in [0, 0.05) is 18.4 Å². The maximum atomic E-state index is 11.9. The van der Waals surface area contributed by atoms with Crippen LogP contribution in [-0.4, -0.2) is 34.5 Å². The molecule has 0 aromatic rings. The normalized spacial score (nSPS) is 22.1. The highest BCUT2D eigenvalue weighted by Crippen LogP contribution is 2.35. The molecule has 0 spiro atoms. The molecule has 112 valence electrons. The minimum Gasteiger partial charge on any atom is -0.480 e. The van der Waals surface area contributed by atoms with Crippen LogP contribution in [0.2, 0.25) is 0 Å². The summed E-state index contributed by atoms with van der Waals surface area (Å²) in [5.41, 5.74) is -1.05. The Balaban J connectivity index is 1.73. The highest BCUT2D eigenvalue weighted by molar-refractivity contribution is 5.90. The van der Waals surface area contributed by atoms with Gasteiger partial charge in [0.1, 0.15) is 5.54 Å². The quantitative estimate of drug-likeness (QED) is 0.671. The molecule has 20 heavy (non-hydrogen) atoms. The fourth-order valence-electron chi connectivity index (χ4n) is 2.71. The van der Waals surface area contributed by atoms with Crippen LogP contribution >= 0.6 is 0 Å². The lowest BCUT2D eigenvalue weighted by Gasteiger charge is -2.18. The van der Waals surface area contributed by atoms with Crippen LogP contribution in [0.3, 0.4) is 0 Å². The SMILES string of the molecule is CC(CC(=O)NC1(C(=O)O)CC1)NC(=O)C1CCCC1. The second-order valence-electron chi connectivity index (χ2n) is 6.03. The Morgan fingerprint density at radius 1 is 1.25 bits per heavy atom. The molecule has 2 fully saturated rings. The average Bonchev–Trinajstić information content (AvgIpc) is 2.93. The number of carbonyl (C=O) groups excluding carboxylic acids is 2. The third kappa shape index (κ3) is 3.49. The van der Waals surface area contributed by atoms with E-state index >= 15 is 0 Å². The average molecular weight is 282 g/mol. The monoisotopic (exact) mass is 282 g/mol. The van der Waals surface area contributed by atoms with Crippen LogP contribution in [0.1, 0.15) is 51.9 Å². The number of aliphatic carboxylic acids is 1. The van der Waals surface area contributed by atoms with Crippen LogP contribution in [0.15, 0.2) is 0 Å². The Hall–Kier alpha value is -1.59. The van der Waals surface area contributed by atoms with Gasteiger partial charge in [-0.1, -0.05) is 12.8 Å². The van der Waals surface area contributed by atoms with Gasteiger partial charge in [-0.2, -0.15) is 0 Å². The lowest BCUT2D eigenvalue weighted by atomic mass is 10.1. The molecular formula is C14H22N2O4. The second kappa shape index (κ2) is 5.81. The summed E-state index contributed by atoms with van der Waals surface area (Å²) in [5.74, 6) is -1.20. The molecule has 2 aliphatic carbocycles. The fourth-order valence-corrected chi connectivity index (χ4v) is 2.71. The van der Waals surface area contributed by atoms with E-state index in [0.29, 0.717) is 12.8 Å². The maximum Gasteiger partial charge on any atom is 0.329 e. The van der Waals surface area contributed by atoms with E-state index in [1.54, 1.807) is 6.92 Å². The first kappa shape index (κ1) is 14.8. The highest BCUT2D eigenvalue weighted by atomic mass is 16.4. The summed E-state index contributed by atoms with van der Waals surface area (Å²) in [6.07, 6.45) is 5.11. The molecule has 1 atom stereocenters. The summed E-state index contributed by atoms with van der Waals surface area (Å²) in [6, 6.07) is -0.271. The van der Waals surface area contributed by atoms with Gasteiger partial charge in [-0.05, 0) is 32.6 Å². The summed E-state index contributed by atoms with van der Waals surface area (Å²) >= 11 is 0. The van der Waals surface area contributed by atoms with Crippen LogP contribution in [0.5, 0.6) is 0 Å². The molecule has 6 nitrogen and oxygen atoms in total. The van der Waals surface area contributed by atoms with Crippen LogP contribution in [0.4, 0.5) is 0 Å². The molecule has 0 heterocycles. The van der Waals surface area contributed by atoms with Crippen molar-refractivity contribution in [2.45, 2.75) is 63.5 Å². The molecular weight excluding hydrogens is 260 g/mol. The summed E-state index contributed by atoms with van der Waals surface area (Å²) in [6.45, 7) is 1.77. The van der Waals surface area contributed by atoms with Crippen molar-refractivity contribution in [3.05, 3.63) is 0 Å². The minimum atomic E-state index is -1.05. The first-order valence-electron chi connectivity index (χ1n) is 7.28. The Labute approximate surface area is 118 Å². The smallest absolute Gasteiger partial charge is 0.329 e. The maximum absolute atomic E-state index is 11.9. The van der Waals surface area contributed by atoms with Gasteiger partial charge in [0.25, 0.3) is 0 Å². The Bertz CT molecular complexity index is 411. The summed E-state index contributed by atoms with van der Waals surface area (Å²) in [5, 5.41) is 14.4. The summed E-state index contributed by atoms with van der Waals surface area (Å²) in [7, 11) is 0. The van der Waals surface area contributed by atoms with Gasteiger partial charge >= 0.3 is 5.97 Å². The van der Waals surface area contributed by atoms with Crippen molar-refractivity contribution in [1.82, 2.24) is 10.6 Å². The third-order valence-electron chi connectivity index (χ3n) is 4.14. The van der Waals surface area contributed by atoms with Crippen molar-refractivity contribution >= 4 is 17.8 Å². The summed E-state index contributed by atoms with van der Waals surface area (Å²) in [4.78, 5) is 34.7. The van der Waals surface area contributed by atoms with Gasteiger partial charge in [-0.25, -0.2) is 4.79 Å². The first-order chi connectivity index (χ1) is 9.43. The number of amides is 2. The molecule has 2 amide bonds. The third-order valence-corrected chi connectivity index (χ3v) is 4.14. The fraction of sp³-hybridized carbons (Fsp3) is 0.786. The van der Waals surface area contributed by atoms with E-state index in [2.05, 4.69) is 10.6 Å². The molecule has 2 aliphatic rings. The van der Waals surface area contributed by atoms with Crippen molar-refractivity contribution in [1.29, 1.82) is 0 Å². The molecule has 2 rings (SSSR count). The number of carbonyl (C=O) groups is 3. The zero-order chi connectivity index (χ0) is 14.8. The van der Waals surface area contributed by atoms with Crippen molar-refractivity contribution in [3.8, 4) is 0 Å². The molecule has 0 aromatic heterocycles. The topological polar surface area (TPSA) is 95.5 Å². The van der Waals surface area contributed by atoms with Crippen LogP contribution in [0.25, 0.3) is 0 Å². The number of nitrogens with one attached hydrogen (secondary N) is 2. The molecule has 2 saturated carbocycles. The molecule has 3 N–H and O–H groups in total. The second-order valence-corrected chi connectivity index (χ2v) is 6.03. The molecule has 0 aromatic carbocycles. The molecule has 1 unspecified atom stereocenters. The van der Waals surface area contributed by atoms with Gasteiger partial charge in [-0.3, -0.25) is 9.59 Å². The minimum absolute atomic E-state index is 0.0159. The number of carboxylic acids is 1.